The van der Waals surface area contributed by atoms with Crippen molar-refractivity contribution in [3.8, 4) is 33.8 Å². The Balaban J connectivity index is 1.32. The van der Waals surface area contributed by atoms with Gasteiger partial charge < -0.3 is 20.5 Å². The molecule has 6 rings (SSSR count). The molecule has 0 bridgehead atoms. The normalized spacial score (nSPS) is 11.2. The number of ether oxygens (including phenoxy) is 2. The molecule has 6 heteroatoms. The molecule has 0 spiro atoms. The molecule has 40 heavy (non-hydrogen) atoms. The van der Waals surface area contributed by atoms with E-state index >= 15 is 0 Å². The molecule has 6 nitrogen and oxygen atoms in total. The third kappa shape index (κ3) is 4.87. The van der Waals surface area contributed by atoms with Gasteiger partial charge in [-0.2, -0.15) is 0 Å². The maximum atomic E-state index is 13.7. The van der Waals surface area contributed by atoms with Crippen molar-refractivity contribution in [3.63, 3.8) is 0 Å². The minimum absolute atomic E-state index is 0.201. The summed E-state index contributed by atoms with van der Waals surface area (Å²) in [5.41, 5.74) is 11.1. The number of benzene rings is 5. The summed E-state index contributed by atoms with van der Waals surface area (Å²) in [5.74, 6) is 0.543. The quantitative estimate of drug-likeness (QED) is 0.213. The summed E-state index contributed by atoms with van der Waals surface area (Å²) in [7, 11) is 0. The van der Waals surface area contributed by atoms with Gasteiger partial charge in [-0.1, -0.05) is 72.8 Å². The Morgan fingerprint density at radius 3 is 2.10 bits per heavy atom. The number of amides is 2. The first-order valence-electron chi connectivity index (χ1n) is 13.3. The lowest BCUT2D eigenvalue weighted by Crippen LogP contribution is -2.31. The van der Waals surface area contributed by atoms with Crippen molar-refractivity contribution >= 4 is 22.6 Å². The Kier molecular flexibility index (Phi) is 6.89. The second kappa shape index (κ2) is 10.9. The number of rotatable bonds is 10. The minimum atomic E-state index is -0.643. The van der Waals surface area contributed by atoms with Gasteiger partial charge in [0.1, 0.15) is 18.1 Å². The number of para-hydroxylation sites is 2. The summed E-state index contributed by atoms with van der Waals surface area (Å²) in [4.78, 5) is 26.3. The zero-order chi connectivity index (χ0) is 27.5. The average molecular weight is 529 g/mol. The Morgan fingerprint density at radius 1 is 0.700 bits per heavy atom. The largest absolute Gasteiger partial charge is 0.493 e. The van der Waals surface area contributed by atoms with Crippen LogP contribution in [0.2, 0.25) is 0 Å². The molecule has 0 radical (unpaired) electrons. The van der Waals surface area contributed by atoms with Crippen molar-refractivity contribution in [2.24, 2.45) is 5.73 Å². The molecule has 198 valence electrons. The van der Waals surface area contributed by atoms with Crippen LogP contribution in [-0.4, -0.2) is 31.6 Å². The van der Waals surface area contributed by atoms with E-state index in [-0.39, 0.29) is 24.6 Å². The predicted molar refractivity (Wildman–Crippen MR) is 157 cm³/mol. The van der Waals surface area contributed by atoms with Crippen molar-refractivity contribution in [2.45, 2.75) is 6.42 Å². The van der Waals surface area contributed by atoms with Gasteiger partial charge in [0.15, 0.2) is 0 Å². The van der Waals surface area contributed by atoms with Crippen molar-refractivity contribution in [2.75, 3.05) is 19.8 Å². The first kappa shape index (κ1) is 25.2. The van der Waals surface area contributed by atoms with E-state index in [1.165, 1.54) is 0 Å². The van der Waals surface area contributed by atoms with Crippen LogP contribution in [0, 0.1) is 0 Å². The summed E-state index contributed by atoms with van der Waals surface area (Å²) < 4.78 is 11.6. The molecule has 0 aliphatic heterocycles. The summed E-state index contributed by atoms with van der Waals surface area (Å²) in [6.07, 6.45) is 0.690. The molecular formula is C34H28N2O4. The second-order valence-corrected chi connectivity index (χ2v) is 9.65. The lowest BCUT2D eigenvalue weighted by Gasteiger charge is -2.15. The standard InChI is InChI=1S/C34H28N2O4/c35-33(37)29-21-23-8-7-13-27-26-15-14-22(16-18-39-24-9-3-1-4-10-24)20-28(26)31(30(23)27)32(29)34(38)36-17-19-40-25-11-5-2-6-12-25/h1-15,20-21H,16-19H2,(H2,35,37)(H,36,38). The molecule has 1 aliphatic carbocycles. The lowest BCUT2D eigenvalue weighted by molar-refractivity contribution is 0.0932. The minimum Gasteiger partial charge on any atom is -0.493 e. The van der Waals surface area contributed by atoms with Crippen molar-refractivity contribution in [1.82, 2.24) is 5.32 Å². The summed E-state index contributed by atoms with van der Waals surface area (Å²) in [6.45, 7) is 1.08. The summed E-state index contributed by atoms with van der Waals surface area (Å²) >= 11 is 0. The number of carbonyl (C=O) groups excluding carboxylic acids is 2. The monoisotopic (exact) mass is 528 g/mol. The van der Waals surface area contributed by atoms with Crippen molar-refractivity contribution < 1.29 is 19.1 Å². The van der Waals surface area contributed by atoms with Gasteiger partial charge in [0.2, 0.25) is 5.91 Å². The number of hydrogen-bond acceptors (Lipinski definition) is 4. The van der Waals surface area contributed by atoms with Crippen LogP contribution in [-0.2, 0) is 6.42 Å². The Labute approximate surface area is 232 Å². The first-order valence-corrected chi connectivity index (χ1v) is 13.3. The van der Waals surface area contributed by atoms with Gasteiger partial charge in [0, 0.05) is 12.0 Å². The van der Waals surface area contributed by atoms with E-state index in [9.17, 15) is 9.59 Å². The van der Waals surface area contributed by atoms with Crippen LogP contribution < -0.4 is 20.5 Å². The van der Waals surface area contributed by atoms with Gasteiger partial charge in [0.05, 0.1) is 24.3 Å². The van der Waals surface area contributed by atoms with Gasteiger partial charge in [-0.05, 0) is 63.4 Å². The van der Waals surface area contributed by atoms with Gasteiger partial charge in [-0.3, -0.25) is 9.59 Å². The van der Waals surface area contributed by atoms with E-state index in [0.29, 0.717) is 18.6 Å². The Bertz CT molecular complexity index is 1720. The number of primary amides is 1. The zero-order valence-electron chi connectivity index (χ0n) is 21.9. The smallest absolute Gasteiger partial charge is 0.252 e. The molecule has 0 heterocycles. The Hall–Kier alpha value is -5.10. The van der Waals surface area contributed by atoms with Crippen LogP contribution in [0.5, 0.6) is 11.5 Å². The predicted octanol–water partition coefficient (Wildman–Crippen LogP) is 6.02. The highest BCUT2D eigenvalue weighted by molar-refractivity contribution is 6.24. The third-order valence-electron chi connectivity index (χ3n) is 7.10. The molecule has 0 saturated carbocycles. The average Bonchev–Trinajstić information content (AvgIpc) is 3.31. The second-order valence-electron chi connectivity index (χ2n) is 9.65. The van der Waals surface area contributed by atoms with E-state index in [2.05, 4.69) is 29.6 Å². The van der Waals surface area contributed by atoms with Crippen LogP contribution in [0.1, 0.15) is 26.3 Å². The molecular weight excluding hydrogens is 500 g/mol. The van der Waals surface area contributed by atoms with Gasteiger partial charge in [-0.15, -0.1) is 0 Å². The molecule has 2 amide bonds. The fourth-order valence-electron chi connectivity index (χ4n) is 5.31. The molecule has 0 unspecified atom stereocenters. The topological polar surface area (TPSA) is 90.7 Å². The van der Waals surface area contributed by atoms with Gasteiger partial charge in [0.25, 0.3) is 5.91 Å². The maximum Gasteiger partial charge on any atom is 0.252 e. The van der Waals surface area contributed by atoms with Crippen LogP contribution in [0.4, 0.5) is 0 Å². The molecule has 3 N–H and O–H groups in total. The van der Waals surface area contributed by atoms with Crippen LogP contribution in [0.25, 0.3) is 33.0 Å². The SMILES string of the molecule is NC(=O)c1cc2cccc3c2c(c1C(=O)NCCOc1ccccc1)-c1cc(CCOc2ccccc2)ccc1-3. The molecule has 0 saturated heterocycles. The maximum absolute atomic E-state index is 13.7. The highest BCUT2D eigenvalue weighted by Gasteiger charge is 2.30. The molecule has 5 aromatic rings. The zero-order valence-corrected chi connectivity index (χ0v) is 21.9. The summed E-state index contributed by atoms with van der Waals surface area (Å²) in [5, 5.41) is 4.75. The van der Waals surface area contributed by atoms with Crippen molar-refractivity contribution in [3.05, 3.63) is 120 Å². The molecule has 1 aliphatic rings. The van der Waals surface area contributed by atoms with Crippen LogP contribution in [0.3, 0.4) is 0 Å². The van der Waals surface area contributed by atoms with E-state index in [1.807, 2.05) is 72.8 Å². The van der Waals surface area contributed by atoms with E-state index in [4.69, 9.17) is 15.2 Å². The van der Waals surface area contributed by atoms with E-state index < -0.39 is 5.91 Å². The number of carbonyl (C=O) groups is 2. The summed E-state index contributed by atoms with van der Waals surface area (Å²) in [6, 6.07) is 33.1. The van der Waals surface area contributed by atoms with Crippen molar-refractivity contribution in [1.29, 1.82) is 0 Å². The first-order chi connectivity index (χ1) is 19.6. The number of hydrogen-bond donors (Lipinski definition) is 2. The molecule has 0 fully saturated rings. The van der Waals surface area contributed by atoms with E-state index in [1.54, 1.807) is 6.07 Å². The molecule has 5 aromatic carbocycles. The number of nitrogens with two attached hydrogens (primary N) is 1. The Morgan fingerprint density at radius 2 is 1.40 bits per heavy atom. The van der Waals surface area contributed by atoms with Gasteiger partial charge in [-0.25, -0.2) is 0 Å². The number of fused-ring (bicyclic) bond motifs is 3. The number of nitrogens with one attached hydrogen (secondary N) is 1. The molecule has 0 atom stereocenters. The highest BCUT2D eigenvalue weighted by Crippen LogP contribution is 2.50. The fraction of sp³-hybridized carbons (Fsp3) is 0.118. The lowest BCUT2D eigenvalue weighted by atomic mass is 9.91. The van der Waals surface area contributed by atoms with Crippen LogP contribution >= 0.6 is 0 Å². The highest BCUT2D eigenvalue weighted by atomic mass is 16.5. The van der Waals surface area contributed by atoms with E-state index in [0.717, 1.165) is 50.1 Å². The third-order valence-corrected chi connectivity index (χ3v) is 7.10. The molecule has 0 aromatic heterocycles. The van der Waals surface area contributed by atoms with Gasteiger partial charge >= 0.3 is 0 Å². The fourth-order valence-corrected chi connectivity index (χ4v) is 5.31. The van der Waals surface area contributed by atoms with Crippen LogP contribution in [0.15, 0.2) is 103 Å².